The summed E-state index contributed by atoms with van der Waals surface area (Å²) >= 11 is 0. The maximum absolute atomic E-state index is 11.1. The minimum Gasteiger partial charge on any atom is -0.411 e. The van der Waals surface area contributed by atoms with Crippen molar-refractivity contribution in [3.8, 4) is 0 Å². The van der Waals surface area contributed by atoms with Crippen LogP contribution in [0.5, 0.6) is 0 Å². The SMILES string of the molecule is CC(C)(C)[Si](C)(C)OC1C[C@H](n2cnc3c(N)ncnc32)O[C@@]1(CO)CN=O. The topological polar surface area (TPSA) is 138 Å². The number of aliphatic hydroxyl groups is 1. The van der Waals surface area contributed by atoms with Crippen LogP contribution in [0.2, 0.25) is 18.1 Å². The van der Waals surface area contributed by atoms with Crippen molar-refractivity contribution in [2.24, 2.45) is 5.18 Å². The van der Waals surface area contributed by atoms with Gasteiger partial charge in [-0.2, -0.15) is 4.91 Å². The lowest BCUT2D eigenvalue weighted by atomic mass is 9.98. The summed E-state index contributed by atoms with van der Waals surface area (Å²) in [7, 11) is -2.19. The van der Waals surface area contributed by atoms with Crippen LogP contribution in [0.1, 0.15) is 33.4 Å². The highest BCUT2D eigenvalue weighted by Gasteiger charge is 2.54. The Morgan fingerprint density at radius 2 is 2.14 bits per heavy atom. The molecule has 1 aliphatic rings. The van der Waals surface area contributed by atoms with Crippen molar-refractivity contribution in [1.29, 1.82) is 0 Å². The lowest BCUT2D eigenvalue weighted by Gasteiger charge is -2.41. The van der Waals surface area contributed by atoms with Crippen molar-refractivity contribution < 1.29 is 14.3 Å². The normalized spacial score (nSPS) is 26.1. The highest BCUT2D eigenvalue weighted by Crippen LogP contribution is 2.45. The van der Waals surface area contributed by atoms with Crippen LogP contribution in [0.15, 0.2) is 17.8 Å². The molecule has 0 amide bonds. The molecule has 10 nitrogen and oxygen atoms in total. The van der Waals surface area contributed by atoms with Gasteiger partial charge in [0.1, 0.15) is 30.2 Å². The van der Waals surface area contributed by atoms with Crippen molar-refractivity contribution in [2.75, 3.05) is 18.9 Å². The first-order chi connectivity index (χ1) is 13.0. The number of hydrogen-bond donors (Lipinski definition) is 2. The molecule has 2 aromatic heterocycles. The average molecular weight is 409 g/mol. The first kappa shape index (κ1) is 20.8. The number of aromatic nitrogens is 4. The third-order valence-electron chi connectivity index (χ3n) is 5.91. The number of nitroso groups, excluding NO2 is 1. The number of imidazole rings is 1. The Labute approximate surface area is 164 Å². The second-order valence-electron chi connectivity index (χ2n) is 8.77. The number of nitrogens with zero attached hydrogens (tertiary/aromatic N) is 5. The minimum absolute atomic E-state index is 0.0374. The number of aliphatic hydroxyl groups excluding tert-OH is 1. The smallest absolute Gasteiger partial charge is 0.192 e. The Bertz CT molecular complexity index is 867. The quantitative estimate of drug-likeness (QED) is 0.548. The molecule has 0 aliphatic carbocycles. The van der Waals surface area contributed by atoms with Crippen molar-refractivity contribution >= 4 is 25.3 Å². The number of fused-ring (bicyclic) bond motifs is 1. The van der Waals surface area contributed by atoms with E-state index in [4.69, 9.17) is 14.9 Å². The van der Waals surface area contributed by atoms with Crippen LogP contribution in [0, 0.1) is 4.91 Å². The van der Waals surface area contributed by atoms with Gasteiger partial charge in [0, 0.05) is 6.42 Å². The van der Waals surface area contributed by atoms with E-state index < -0.39 is 26.3 Å². The predicted octanol–water partition coefficient (Wildman–Crippen LogP) is 2.22. The first-order valence-electron chi connectivity index (χ1n) is 9.23. The molecule has 2 aromatic rings. The summed E-state index contributed by atoms with van der Waals surface area (Å²) in [5.74, 6) is 0.277. The monoisotopic (exact) mass is 408 g/mol. The van der Waals surface area contributed by atoms with E-state index in [0.29, 0.717) is 17.6 Å². The highest BCUT2D eigenvalue weighted by atomic mass is 28.4. The Kier molecular flexibility index (Phi) is 5.30. The van der Waals surface area contributed by atoms with E-state index in [0.717, 1.165) is 0 Å². The van der Waals surface area contributed by atoms with Crippen LogP contribution in [0.4, 0.5) is 5.82 Å². The fraction of sp³-hybridized carbons (Fsp3) is 0.706. The number of ether oxygens (including phenoxy) is 1. The summed E-state index contributed by atoms with van der Waals surface area (Å²) in [4.78, 5) is 23.6. The van der Waals surface area contributed by atoms with E-state index in [2.05, 4.69) is 54.0 Å². The molecule has 3 atom stereocenters. The molecule has 3 N–H and O–H groups in total. The molecule has 0 saturated carbocycles. The van der Waals surface area contributed by atoms with E-state index in [1.165, 1.54) is 6.33 Å². The zero-order valence-corrected chi connectivity index (χ0v) is 17.9. The molecule has 3 rings (SSSR count). The van der Waals surface area contributed by atoms with Gasteiger partial charge in [0.15, 0.2) is 19.8 Å². The molecule has 1 fully saturated rings. The van der Waals surface area contributed by atoms with Crippen LogP contribution < -0.4 is 5.73 Å². The maximum atomic E-state index is 11.1. The van der Waals surface area contributed by atoms with Crippen LogP contribution in [0.3, 0.4) is 0 Å². The van der Waals surface area contributed by atoms with Gasteiger partial charge >= 0.3 is 0 Å². The van der Waals surface area contributed by atoms with Gasteiger partial charge in [-0.25, -0.2) is 15.0 Å². The van der Waals surface area contributed by atoms with Crippen molar-refractivity contribution in [3.05, 3.63) is 17.6 Å². The fourth-order valence-electron chi connectivity index (χ4n) is 3.17. The third kappa shape index (κ3) is 3.43. The van der Waals surface area contributed by atoms with E-state index in [-0.39, 0.29) is 24.0 Å². The fourth-order valence-corrected chi connectivity index (χ4v) is 4.55. The highest BCUT2D eigenvalue weighted by molar-refractivity contribution is 6.74. The van der Waals surface area contributed by atoms with Gasteiger partial charge in [-0.3, -0.25) is 4.57 Å². The van der Waals surface area contributed by atoms with E-state index in [1.807, 2.05) is 0 Å². The summed E-state index contributed by atoms with van der Waals surface area (Å²) in [6.45, 7) is 10.1. The minimum atomic E-state index is -2.19. The molecule has 0 bridgehead atoms. The lowest BCUT2D eigenvalue weighted by molar-refractivity contribution is -0.117. The summed E-state index contributed by atoms with van der Waals surface area (Å²) in [6.07, 6.45) is 2.35. The summed E-state index contributed by atoms with van der Waals surface area (Å²) < 4.78 is 14.5. The molecule has 154 valence electrons. The predicted molar refractivity (Wildman–Crippen MR) is 107 cm³/mol. The maximum Gasteiger partial charge on any atom is 0.192 e. The summed E-state index contributed by atoms with van der Waals surface area (Å²) in [5, 5.41) is 13.1. The van der Waals surface area contributed by atoms with Gasteiger partial charge in [-0.15, -0.1) is 0 Å². The van der Waals surface area contributed by atoms with Crippen LogP contribution in [-0.4, -0.2) is 57.8 Å². The van der Waals surface area contributed by atoms with Crippen molar-refractivity contribution in [1.82, 2.24) is 19.5 Å². The second-order valence-corrected chi connectivity index (χ2v) is 13.5. The number of hydrogen-bond acceptors (Lipinski definition) is 9. The van der Waals surface area contributed by atoms with Crippen molar-refractivity contribution in [2.45, 2.75) is 63.3 Å². The Morgan fingerprint density at radius 3 is 2.75 bits per heavy atom. The Morgan fingerprint density at radius 1 is 1.43 bits per heavy atom. The van der Waals surface area contributed by atoms with E-state index >= 15 is 0 Å². The van der Waals surface area contributed by atoms with E-state index in [1.54, 1.807) is 10.9 Å². The largest absolute Gasteiger partial charge is 0.411 e. The van der Waals surface area contributed by atoms with Gasteiger partial charge in [0.2, 0.25) is 0 Å². The van der Waals surface area contributed by atoms with E-state index in [9.17, 15) is 10.0 Å². The van der Waals surface area contributed by atoms with Gasteiger partial charge in [0.25, 0.3) is 0 Å². The molecule has 3 heterocycles. The molecule has 0 radical (unpaired) electrons. The number of nitrogen functional groups attached to an aromatic ring is 1. The average Bonchev–Trinajstić information content (AvgIpc) is 3.17. The molecule has 1 saturated heterocycles. The van der Waals surface area contributed by atoms with Crippen LogP contribution >= 0.6 is 0 Å². The molecule has 28 heavy (non-hydrogen) atoms. The number of anilines is 1. The van der Waals surface area contributed by atoms with Gasteiger partial charge in [0.05, 0.1) is 19.0 Å². The molecule has 11 heteroatoms. The standard InChI is InChI=1S/C17H28N6O4Si/c1-16(2,3)28(4,5)27-11-6-12(26-17(11,8-24)7-22-25)23-10-21-13-14(18)19-9-20-15(13)23/h9-12,24H,6-8H2,1-5H3,(H2,18,19,20)/t11?,12-,17-/m1/s1. The summed E-state index contributed by atoms with van der Waals surface area (Å²) in [5.41, 5.74) is 5.66. The molecule has 0 aromatic carbocycles. The Hall–Kier alpha value is -1.95. The van der Waals surface area contributed by atoms with Crippen LogP contribution in [-0.2, 0) is 9.16 Å². The van der Waals surface area contributed by atoms with Crippen molar-refractivity contribution in [3.63, 3.8) is 0 Å². The van der Waals surface area contributed by atoms with Crippen LogP contribution in [0.25, 0.3) is 11.2 Å². The molecular weight excluding hydrogens is 380 g/mol. The lowest BCUT2D eigenvalue weighted by Crippen LogP contribution is -2.53. The zero-order valence-electron chi connectivity index (χ0n) is 16.9. The van der Waals surface area contributed by atoms with Gasteiger partial charge in [-0.05, 0) is 18.1 Å². The number of nitrogens with two attached hydrogens (primary N) is 1. The molecule has 0 spiro atoms. The Balaban J connectivity index is 1.98. The number of rotatable bonds is 6. The second kappa shape index (κ2) is 7.14. The molecule has 1 unspecified atom stereocenters. The first-order valence-corrected chi connectivity index (χ1v) is 12.1. The molecular formula is C17H28N6O4Si. The van der Waals surface area contributed by atoms with Gasteiger partial charge < -0.3 is 20.0 Å². The summed E-state index contributed by atoms with van der Waals surface area (Å²) in [6, 6.07) is 0. The third-order valence-corrected chi connectivity index (χ3v) is 10.4. The zero-order chi connectivity index (χ0) is 20.7. The van der Waals surface area contributed by atoms with Gasteiger partial charge in [-0.1, -0.05) is 25.9 Å². The molecule has 1 aliphatic heterocycles.